The quantitative estimate of drug-likeness (QED) is 0.624. The Balaban J connectivity index is 2.53. The van der Waals surface area contributed by atoms with E-state index < -0.39 is 0 Å². The molecule has 0 N–H and O–H groups in total. The first-order valence-corrected chi connectivity index (χ1v) is 6.78. The molecule has 0 atom stereocenters. The minimum atomic E-state index is -0.373. The van der Waals surface area contributed by atoms with Crippen molar-refractivity contribution in [1.82, 2.24) is 14.6 Å². The average Bonchev–Trinajstić information content (AvgIpc) is 2.75. The van der Waals surface area contributed by atoms with Crippen LogP contribution < -0.4 is 0 Å². The molecule has 2 rings (SSSR count). The smallest absolute Gasteiger partial charge is 0.357 e. The summed E-state index contributed by atoms with van der Waals surface area (Å²) in [6, 6.07) is 1.83. The van der Waals surface area contributed by atoms with E-state index in [1.807, 2.05) is 13.0 Å². The van der Waals surface area contributed by atoms with Crippen LogP contribution in [0.25, 0.3) is 5.65 Å². The third-order valence-corrected chi connectivity index (χ3v) is 3.00. The van der Waals surface area contributed by atoms with Gasteiger partial charge in [0.2, 0.25) is 0 Å². The average molecular weight is 282 g/mol. The maximum absolute atomic E-state index is 12.1. The van der Waals surface area contributed by atoms with Crippen LogP contribution in [-0.2, 0) is 11.2 Å². The summed E-state index contributed by atoms with van der Waals surface area (Å²) in [5.41, 5.74) is 2.72. The number of aryl methyl sites for hydroxylation is 2. The van der Waals surface area contributed by atoms with Gasteiger partial charge in [0.25, 0.3) is 0 Å². The third kappa shape index (κ3) is 2.87. The minimum absolute atomic E-state index is 0.331. The maximum atomic E-state index is 12.1. The van der Waals surface area contributed by atoms with Crippen molar-refractivity contribution in [2.45, 2.75) is 26.7 Å². The summed E-state index contributed by atoms with van der Waals surface area (Å²) in [4.78, 5) is 16.4. The van der Waals surface area contributed by atoms with Gasteiger partial charge in [-0.2, -0.15) is 5.10 Å². The summed E-state index contributed by atoms with van der Waals surface area (Å²) in [6.07, 6.45) is 3.16. The van der Waals surface area contributed by atoms with Crippen molar-refractivity contribution in [3.8, 4) is 0 Å². The van der Waals surface area contributed by atoms with Crippen LogP contribution in [0.4, 0.5) is 0 Å². The van der Waals surface area contributed by atoms with E-state index in [0.717, 1.165) is 17.7 Å². The fourth-order valence-electron chi connectivity index (χ4n) is 1.94. The van der Waals surface area contributed by atoms with Crippen molar-refractivity contribution in [3.05, 3.63) is 29.2 Å². The van der Waals surface area contributed by atoms with Gasteiger partial charge >= 0.3 is 5.97 Å². The summed E-state index contributed by atoms with van der Waals surface area (Å²) in [6.45, 7) is 3.98. The zero-order valence-corrected chi connectivity index (χ0v) is 11.8. The number of nitrogens with zero attached hydrogens (tertiary/aromatic N) is 3. The molecule has 6 heteroatoms. The summed E-state index contributed by atoms with van der Waals surface area (Å²) in [5, 5.41) is 4.31. The molecule has 0 bridgehead atoms. The van der Waals surface area contributed by atoms with Gasteiger partial charge in [-0.25, -0.2) is 14.3 Å². The second-order valence-corrected chi connectivity index (χ2v) is 4.58. The van der Waals surface area contributed by atoms with E-state index in [-0.39, 0.29) is 5.97 Å². The number of fused-ring (bicyclic) bond motifs is 1. The zero-order valence-electron chi connectivity index (χ0n) is 11.0. The second kappa shape index (κ2) is 6.02. The van der Waals surface area contributed by atoms with Gasteiger partial charge in [-0.05, 0) is 26.7 Å². The van der Waals surface area contributed by atoms with Crippen LogP contribution in [-0.4, -0.2) is 33.1 Å². The number of hydrogen-bond acceptors (Lipinski definition) is 4. The lowest BCUT2D eigenvalue weighted by molar-refractivity contribution is 0.0514. The Morgan fingerprint density at radius 3 is 3.00 bits per heavy atom. The zero-order chi connectivity index (χ0) is 13.8. The lowest BCUT2D eigenvalue weighted by atomic mass is 10.1. The molecule has 0 unspecified atom stereocenters. The minimum Gasteiger partial charge on any atom is -0.461 e. The number of carbonyl (C=O) groups excluding carboxylic acids is 1. The van der Waals surface area contributed by atoms with Crippen LogP contribution in [0.2, 0.25) is 0 Å². The molecule has 2 aromatic rings. The van der Waals surface area contributed by atoms with Crippen molar-refractivity contribution >= 4 is 23.2 Å². The SMILES string of the molecule is CCOC(=O)c1c(CCCCl)cnc2cc(C)nn12. The topological polar surface area (TPSA) is 56.5 Å². The van der Waals surface area contributed by atoms with Crippen LogP contribution in [0.3, 0.4) is 0 Å². The molecule has 2 heterocycles. The fraction of sp³-hybridized carbons (Fsp3) is 0.462. The molecular formula is C13H16ClN3O2. The molecule has 0 aromatic carbocycles. The van der Waals surface area contributed by atoms with Crippen molar-refractivity contribution in [2.24, 2.45) is 0 Å². The van der Waals surface area contributed by atoms with Gasteiger partial charge in [-0.15, -0.1) is 11.6 Å². The van der Waals surface area contributed by atoms with Crippen LogP contribution >= 0.6 is 11.6 Å². The Morgan fingerprint density at radius 2 is 2.32 bits per heavy atom. The van der Waals surface area contributed by atoms with E-state index in [1.165, 1.54) is 0 Å². The molecule has 19 heavy (non-hydrogen) atoms. The van der Waals surface area contributed by atoms with Gasteiger partial charge < -0.3 is 4.74 Å². The van der Waals surface area contributed by atoms with Crippen molar-refractivity contribution in [3.63, 3.8) is 0 Å². The predicted molar refractivity (Wildman–Crippen MR) is 72.7 cm³/mol. The van der Waals surface area contributed by atoms with Gasteiger partial charge in [0, 0.05) is 23.7 Å². The second-order valence-electron chi connectivity index (χ2n) is 4.20. The van der Waals surface area contributed by atoms with E-state index in [9.17, 15) is 4.79 Å². The van der Waals surface area contributed by atoms with Crippen molar-refractivity contribution in [1.29, 1.82) is 0 Å². The summed E-state index contributed by atoms with van der Waals surface area (Å²) in [7, 11) is 0. The lowest BCUT2D eigenvalue weighted by Gasteiger charge is -2.09. The highest BCUT2D eigenvalue weighted by Crippen LogP contribution is 2.15. The number of alkyl halides is 1. The standard InChI is InChI=1S/C13H16ClN3O2/c1-3-19-13(18)12-10(5-4-6-14)8-15-11-7-9(2)16-17(11)12/h7-8H,3-6H2,1-2H3. The molecule has 102 valence electrons. The van der Waals surface area contributed by atoms with Gasteiger partial charge in [0.05, 0.1) is 12.3 Å². The first-order valence-electron chi connectivity index (χ1n) is 6.24. The van der Waals surface area contributed by atoms with E-state index >= 15 is 0 Å². The largest absolute Gasteiger partial charge is 0.461 e. The number of ether oxygens (including phenoxy) is 1. The molecule has 0 aliphatic rings. The molecular weight excluding hydrogens is 266 g/mol. The maximum Gasteiger partial charge on any atom is 0.357 e. The Hall–Kier alpha value is -1.62. The molecule has 0 spiro atoms. The molecule has 0 aliphatic heterocycles. The Morgan fingerprint density at radius 1 is 1.53 bits per heavy atom. The monoisotopic (exact) mass is 281 g/mol. The summed E-state index contributed by atoms with van der Waals surface area (Å²) >= 11 is 5.71. The molecule has 0 aliphatic carbocycles. The highest BCUT2D eigenvalue weighted by Gasteiger charge is 2.18. The predicted octanol–water partition coefficient (Wildman–Crippen LogP) is 2.39. The number of esters is 1. The molecule has 5 nitrogen and oxygen atoms in total. The van der Waals surface area contributed by atoms with Crippen molar-refractivity contribution in [2.75, 3.05) is 12.5 Å². The van der Waals surface area contributed by atoms with E-state index in [0.29, 0.717) is 30.2 Å². The fourth-order valence-corrected chi connectivity index (χ4v) is 2.07. The van der Waals surface area contributed by atoms with E-state index in [1.54, 1.807) is 17.6 Å². The Bertz CT molecular complexity index is 595. The number of halogens is 1. The van der Waals surface area contributed by atoms with Gasteiger partial charge in [-0.1, -0.05) is 0 Å². The number of rotatable bonds is 5. The highest BCUT2D eigenvalue weighted by molar-refractivity contribution is 6.17. The van der Waals surface area contributed by atoms with Crippen LogP contribution in [0.15, 0.2) is 12.3 Å². The normalized spacial score (nSPS) is 10.9. The van der Waals surface area contributed by atoms with E-state index in [4.69, 9.17) is 16.3 Å². The van der Waals surface area contributed by atoms with Crippen LogP contribution in [0, 0.1) is 6.92 Å². The van der Waals surface area contributed by atoms with E-state index in [2.05, 4.69) is 10.1 Å². The third-order valence-electron chi connectivity index (χ3n) is 2.73. The number of hydrogen-bond donors (Lipinski definition) is 0. The molecule has 0 amide bonds. The molecule has 0 saturated heterocycles. The molecule has 0 radical (unpaired) electrons. The van der Waals surface area contributed by atoms with Gasteiger partial charge in [0.15, 0.2) is 11.3 Å². The lowest BCUT2D eigenvalue weighted by Crippen LogP contribution is -2.15. The van der Waals surface area contributed by atoms with Crippen LogP contribution in [0.1, 0.15) is 35.1 Å². The summed E-state index contributed by atoms with van der Waals surface area (Å²) < 4.78 is 6.66. The summed E-state index contributed by atoms with van der Waals surface area (Å²) in [5.74, 6) is 0.167. The van der Waals surface area contributed by atoms with Crippen LogP contribution in [0.5, 0.6) is 0 Å². The number of aromatic nitrogens is 3. The first-order chi connectivity index (χ1) is 9.17. The van der Waals surface area contributed by atoms with Gasteiger partial charge in [-0.3, -0.25) is 0 Å². The first kappa shape index (κ1) is 13.8. The number of carbonyl (C=O) groups is 1. The molecule has 0 fully saturated rings. The molecule has 2 aromatic heterocycles. The highest BCUT2D eigenvalue weighted by atomic mass is 35.5. The Kier molecular flexibility index (Phi) is 4.37. The van der Waals surface area contributed by atoms with Crippen molar-refractivity contribution < 1.29 is 9.53 Å². The van der Waals surface area contributed by atoms with Gasteiger partial charge in [0.1, 0.15) is 0 Å². The molecule has 0 saturated carbocycles. The Labute approximate surface area is 116 Å².